The first-order chi connectivity index (χ1) is 6.59. The van der Waals surface area contributed by atoms with Crippen molar-refractivity contribution in [2.75, 3.05) is 24.6 Å². The molecule has 1 heterocycles. The van der Waals surface area contributed by atoms with E-state index in [1.807, 2.05) is 11.8 Å². The first-order valence-electron chi connectivity index (χ1n) is 4.46. The number of halogens is 1. The maximum Gasteiger partial charge on any atom is 0.304 e. The van der Waals surface area contributed by atoms with E-state index in [0.29, 0.717) is 0 Å². The van der Waals surface area contributed by atoms with Crippen molar-refractivity contribution in [3.63, 3.8) is 0 Å². The highest BCUT2D eigenvalue weighted by Crippen LogP contribution is 2.20. The highest BCUT2D eigenvalue weighted by Gasteiger charge is 2.24. The van der Waals surface area contributed by atoms with Gasteiger partial charge in [-0.05, 0) is 0 Å². The Morgan fingerprint density at radius 3 is 3.00 bits per heavy atom. The lowest BCUT2D eigenvalue weighted by atomic mass is 10.2. The van der Waals surface area contributed by atoms with E-state index < -0.39 is 5.97 Å². The fourth-order valence-corrected chi connectivity index (χ4v) is 2.96. The first kappa shape index (κ1) is 12.1. The number of carboxylic acid groups (broad SMARTS) is 1. The summed E-state index contributed by atoms with van der Waals surface area (Å²) >= 11 is 5.14. The van der Waals surface area contributed by atoms with Gasteiger partial charge in [-0.1, -0.05) is 22.5 Å². The smallest absolute Gasteiger partial charge is 0.304 e. The van der Waals surface area contributed by atoms with E-state index in [1.54, 1.807) is 0 Å². The van der Waals surface area contributed by atoms with Gasteiger partial charge in [-0.3, -0.25) is 9.69 Å². The Labute approximate surface area is 96.7 Å². The number of carboxylic acids is 1. The molecule has 0 spiro atoms. The Morgan fingerprint density at radius 1 is 1.71 bits per heavy atom. The molecule has 1 N–H and O–H groups in total. The lowest BCUT2D eigenvalue weighted by molar-refractivity contribution is -0.138. The fourth-order valence-electron chi connectivity index (χ4n) is 1.51. The molecule has 3 nitrogen and oxygen atoms in total. The predicted octanol–water partition coefficient (Wildman–Crippen LogP) is 1.79. The predicted molar refractivity (Wildman–Crippen MR) is 63.0 cm³/mol. The van der Waals surface area contributed by atoms with Gasteiger partial charge >= 0.3 is 5.97 Å². The number of nitrogens with zero attached hydrogens (tertiary/aromatic N) is 1. The number of thioether (sulfide) groups is 1. The van der Waals surface area contributed by atoms with E-state index in [9.17, 15) is 4.79 Å². The van der Waals surface area contributed by atoms with E-state index in [1.165, 1.54) is 0 Å². The van der Waals surface area contributed by atoms with Gasteiger partial charge in [0.25, 0.3) is 0 Å². The van der Waals surface area contributed by atoms with E-state index in [4.69, 9.17) is 5.11 Å². The van der Waals surface area contributed by atoms with Crippen LogP contribution in [0.2, 0.25) is 0 Å². The molecule has 0 amide bonds. The minimum absolute atomic E-state index is 0.153. The molecule has 0 radical (unpaired) electrons. The summed E-state index contributed by atoms with van der Waals surface area (Å²) in [5, 5.41) is 8.75. The van der Waals surface area contributed by atoms with Crippen molar-refractivity contribution in [2.45, 2.75) is 12.5 Å². The Morgan fingerprint density at radius 2 is 2.43 bits per heavy atom. The summed E-state index contributed by atoms with van der Waals surface area (Å²) in [6, 6.07) is 0.153. The molecule has 0 aromatic carbocycles. The number of hydrogen-bond acceptors (Lipinski definition) is 3. The number of rotatable bonds is 4. The third-order valence-corrected chi connectivity index (χ3v) is 3.48. The number of carbonyl (C=O) groups is 1. The fraction of sp³-hybridized carbons (Fsp3) is 0.667. The van der Waals surface area contributed by atoms with Gasteiger partial charge in [0.05, 0.1) is 6.42 Å². The second-order valence-corrected chi connectivity index (χ2v) is 5.59. The molecule has 14 heavy (non-hydrogen) atoms. The summed E-state index contributed by atoms with van der Waals surface area (Å²) in [7, 11) is 0. The first-order valence-corrected chi connectivity index (χ1v) is 6.41. The molecule has 5 heteroatoms. The Balaban J connectivity index is 2.49. The van der Waals surface area contributed by atoms with Crippen LogP contribution in [0.25, 0.3) is 0 Å². The molecular formula is C9H14BrNO2S. The normalized spacial score (nSPS) is 23.4. The molecule has 1 atom stereocenters. The van der Waals surface area contributed by atoms with Crippen LogP contribution in [0.4, 0.5) is 0 Å². The molecule has 1 fully saturated rings. The topological polar surface area (TPSA) is 40.5 Å². The molecule has 0 aliphatic carbocycles. The van der Waals surface area contributed by atoms with Crippen molar-refractivity contribution in [1.82, 2.24) is 4.90 Å². The Kier molecular flexibility index (Phi) is 4.98. The van der Waals surface area contributed by atoms with Gasteiger partial charge in [-0.2, -0.15) is 11.8 Å². The van der Waals surface area contributed by atoms with Crippen molar-refractivity contribution < 1.29 is 9.90 Å². The standard InChI is InChI=1S/C9H14BrNO2S/c1-7(10)5-11-2-3-14-6-8(11)4-9(12)13/h8H,1-6H2,(H,12,13). The van der Waals surface area contributed by atoms with E-state index >= 15 is 0 Å². The van der Waals surface area contributed by atoms with Gasteiger partial charge in [0, 0.05) is 35.1 Å². The van der Waals surface area contributed by atoms with E-state index in [0.717, 1.165) is 29.1 Å². The van der Waals surface area contributed by atoms with Crippen molar-refractivity contribution in [2.24, 2.45) is 0 Å². The van der Waals surface area contributed by atoms with Crippen molar-refractivity contribution >= 4 is 33.7 Å². The van der Waals surface area contributed by atoms with Crippen LogP contribution >= 0.6 is 27.7 Å². The van der Waals surface area contributed by atoms with Crippen LogP contribution in [0, 0.1) is 0 Å². The molecule has 1 aliphatic rings. The molecule has 1 rings (SSSR count). The third kappa shape index (κ3) is 4.02. The van der Waals surface area contributed by atoms with Crippen molar-refractivity contribution in [3.05, 3.63) is 11.1 Å². The summed E-state index contributed by atoms with van der Waals surface area (Å²) in [6.45, 7) is 5.48. The Hall–Kier alpha value is -0.000000000000000111. The lowest BCUT2D eigenvalue weighted by Gasteiger charge is -2.34. The monoisotopic (exact) mass is 279 g/mol. The molecule has 80 valence electrons. The lowest BCUT2D eigenvalue weighted by Crippen LogP contribution is -2.44. The second-order valence-electron chi connectivity index (χ2n) is 3.31. The highest BCUT2D eigenvalue weighted by molar-refractivity contribution is 9.11. The average Bonchev–Trinajstić information content (AvgIpc) is 2.06. The molecule has 0 bridgehead atoms. The van der Waals surface area contributed by atoms with Crippen LogP contribution in [-0.2, 0) is 4.79 Å². The zero-order valence-corrected chi connectivity index (χ0v) is 10.3. The third-order valence-electron chi connectivity index (χ3n) is 2.13. The maximum absolute atomic E-state index is 10.6. The summed E-state index contributed by atoms with van der Waals surface area (Å²) in [4.78, 5) is 12.8. The SMILES string of the molecule is C=C(Br)CN1CCSCC1CC(=O)O. The molecule has 1 unspecified atom stereocenters. The number of aliphatic carboxylic acids is 1. The van der Waals surface area contributed by atoms with Crippen LogP contribution in [0.3, 0.4) is 0 Å². The van der Waals surface area contributed by atoms with Gasteiger partial charge in [0.2, 0.25) is 0 Å². The summed E-state index contributed by atoms with van der Waals surface area (Å²) in [5.41, 5.74) is 0. The van der Waals surface area contributed by atoms with Gasteiger partial charge in [0.15, 0.2) is 0 Å². The summed E-state index contributed by atoms with van der Waals surface area (Å²) in [5.74, 6) is 1.27. The van der Waals surface area contributed by atoms with E-state index in [2.05, 4.69) is 27.4 Å². The van der Waals surface area contributed by atoms with E-state index in [-0.39, 0.29) is 12.5 Å². The largest absolute Gasteiger partial charge is 0.481 e. The summed E-state index contributed by atoms with van der Waals surface area (Å²) < 4.78 is 0.916. The zero-order chi connectivity index (χ0) is 10.6. The van der Waals surface area contributed by atoms with Crippen LogP contribution in [0.5, 0.6) is 0 Å². The van der Waals surface area contributed by atoms with Crippen LogP contribution in [-0.4, -0.2) is 46.6 Å². The molecule has 1 saturated heterocycles. The molecule has 0 aromatic heterocycles. The molecule has 1 aliphatic heterocycles. The maximum atomic E-state index is 10.6. The van der Waals surface area contributed by atoms with Crippen LogP contribution in [0.1, 0.15) is 6.42 Å². The highest BCUT2D eigenvalue weighted by atomic mass is 79.9. The van der Waals surface area contributed by atoms with Crippen LogP contribution < -0.4 is 0 Å². The minimum Gasteiger partial charge on any atom is -0.481 e. The van der Waals surface area contributed by atoms with Gasteiger partial charge in [0.1, 0.15) is 0 Å². The Bertz CT molecular complexity index is 211. The average molecular weight is 280 g/mol. The molecule has 0 aromatic rings. The van der Waals surface area contributed by atoms with Gasteiger partial charge in [-0.15, -0.1) is 0 Å². The van der Waals surface area contributed by atoms with Crippen LogP contribution in [0.15, 0.2) is 11.1 Å². The zero-order valence-electron chi connectivity index (χ0n) is 7.91. The summed E-state index contributed by atoms with van der Waals surface area (Å²) in [6.07, 6.45) is 0.229. The number of hydrogen-bond donors (Lipinski definition) is 1. The molecular weight excluding hydrogens is 266 g/mol. The minimum atomic E-state index is -0.720. The quantitative estimate of drug-likeness (QED) is 0.852. The van der Waals surface area contributed by atoms with Crippen molar-refractivity contribution in [1.29, 1.82) is 0 Å². The second kappa shape index (κ2) is 5.78. The van der Waals surface area contributed by atoms with Crippen molar-refractivity contribution in [3.8, 4) is 0 Å². The molecule has 0 saturated carbocycles. The van der Waals surface area contributed by atoms with Gasteiger partial charge in [-0.25, -0.2) is 0 Å². The van der Waals surface area contributed by atoms with Gasteiger partial charge < -0.3 is 5.11 Å².